The largest absolute Gasteiger partial charge is 0.294 e. The van der Waals surface area contributed by atoms with Crippen molar-refractivity contribution in [2.24, 2.45) is 5.84 Å². The Morgan fingerprint density at radius 2 is 2.05 bits per heavy atom. The molecule has 0 unspecified atom stereocenters. The van der Waals surface area contributed by atoms with Crippen LogP contribution in [0.4, 0.5) is 0 Å². The number of rotatable bonds is 3. The maximum Gasteiger partial charge on any atom is 0.275 e. The van der Waals surface area contributed by atoms with Gasteiger partial charge in [0.05, 0.1) is 11.3 Å². The summed E-state index contributed by atoms with van der Waals surface area (Å²) in [5, 5.41) is 16.5. The first kappa shape index (κ1) is 11.8. The highest BCUT2D eigenvalue weighted by molar-refractivity contribution is 7.99. The predicted octanol–water partition coefficient (Wildman–Crippen LogP) is -0.246. The van der Waals surface area contributed by atoms with E-state index in [1.807, 2.05) is 24.3 Å². The Kier molecular flexibility index (Phi) is 2.97. The van der Waals surface area contributed by atoms with E-state index >= 15 is 0 Å². The molecule has 0 radical (unpaired) electrons. The minimum absolute atomic E-state index is 0.161. The lowest BCUT2D eigenvalue weighted by molar-refractivity contribution is -0.118. The first-order valence-electron chi connectivity index (χ1n) is 5.38. The topological polar surface area (TPSA) is 111 Å². The molecule has 0 aliphatic carbocycles. The van der Waals surface area contributed by atoms with Crippen molar-refractivity contribution in [3.05, 3.63) is 24.3 Å². The van der Waals surface area contributed by atoms with Crippen molar-refractivity contribution in [3.63, 3.8) is 0 Å². The third-order valence-electron chi connectivity index (χ3n) is 2.48. The second-order valence-electron chi connectivity index (χ2n) is 3.66. The Morgan fingerprint density at radius 3 is 2.89 bits per heavy atom. The zero-order valence-electron chi connectivity index (χ0n) is 9.65. The van der Waals surface area contributed by atoms with Crippen LogP contribution in [0.5, 0.6) is 0 Å². The molecule has 1 aromatic carbocycles. The predicted molar refractivity (Wildman–Crippen MR) is 69.1 cm³/mol. The van der Waals surface area contributed by atoms with E-state index in [1.54, 1.807) is 4.40 Å². The van der Waals surface area contributed by atoms with Crippen molar-refractivity contribution >= 4 is 34.5 Å². The molecule has 0 spiro atoms. The third kappa shape index (κ3) is 2.09. The molecule has 0 atom stereocenters. The summed E-state index contributed by atoms with van der Waals surface area (Å²) < 4.78 is 1.76. The van der Waals surface area contributed by atoms with Gasteiger partial charge in [-0.05, 0) is 12.1 Å². The van der Waals surface area contributed by atoms with Gasteiger partial charge in [0.1, 0.15) is 5.52 Å². The average Bonchev–Trinajstić information content (AvgIpc) is 2.88. The Labute approximate surface area is 111 Å². The monoisotopic (exact) mass is 275 g/mol. The van der Waals surface area contributed by atoms with Gasteiger partial charge < -0.3 is 0 Å². The second kappa shape index (κ2) is 4.78. The summed E-state index contributed by atoms with van der Waals surface area (Å²) in [7, 11) is 0. The first-order chi connectivity index (χ1) is 9.29. The van der Waals surface area contributed by atoms with E-state index in [4.69, 9.17) is 5.84 Å². The number of fused-ring (bicyclic) bond motifs is 3. The van der Waals surface area contributed by atoms with Crippen LogP contribution in [0.3, 0.4) is 0 Å². The third-order valence-corrected chi connectivity index (χ3v) is 3.41. The number of aromatic nitrogens is 5. The first-order valence-corrected chi connectivity index (χ1v) is 6.37. The molecule has 0 bridgehead atoms. The van der Waals surface area contributed by atoms with E-state index in [2.05, 4.69) is 25.8 Å². The van der Waals surface area contributed by atoms with Crippen LogP contribution in [-0.2, 0) is 4.79 Å². The fraction of sp³-hybridized carbons (Fsp3) is 0.100. The number of nitrogens with one attached hydrogen (secondary N) is 1. The van der Waals surface area contributed by atoms with E-state index in [0.29, 0.717) is 10.9 Å². The molecular formula is C10H9N7OS. The van der Waals surface area contributed by atoms with Crippen LogP contribution in [0.15, 0.2) is 29.4 Å². The molecule has 19 heavy (non-hydrogen) atoms. The van der Waals surface area contributed by atoms with Gasteiger partial charge in [-0.1, -0.05) is 23.9 Å². The molecule has 1 amide bonds. The van der Waals surface area contributed by atoms with E-state index < -0.39 is 0 Å². The van der Waals surface area contributed by atoms with Crippen molar-refractivity contribution in [3.8, 4) is 0 Å². The second-order valence-corrected chi connectivity index (χ2v) is 4.61. The molecule has 0 aliphatic rings. The number of thioether (sulfide) groups is 1. The summed E-state index contributed by atoms with van der Waals surface area (Å²) in [6, 6.07) is 7.52. The molecule has 8 nitrogen and oxygen atoms in total. The molecule has 0 saturated heterocycles. The molecule has 2 aromatic heterocycles. The summed E-state index contributed by atoms with van der Waals surface area (Å²) in [5.41, 5.74) is 3.64. The molecule has 9 heteroatoms. The number of nitrogens with two attached hydrogens (primary N) is 1. The minimum Gasteiger partial charge on any atom is -0.294 e. The summed E-state index contributed by atoms with van der Waals surface area (Å²) in [6.07, 6.45) is 0. The van der Waals surface area contributed by atoms with Crippen molar-refractivity contribution < 1.29 is 4.79 Å². The SMILES string of the molecule is NNC(=O)CSc1nnc2nnc3ccccc3n12. The molecule has 0 fully saturated rings. The molecule has 2 heterocycles. The van der Waals surface area contributed by atoms with Gasteiger partial charge in [-0.3, -0.25) is 14.6 Å². The normalized spacial score (nSPS) is 11.0. The molecule has 3 N–H and O–H groups in total. The fourth-order valence-electron chi connectivity index (χ4n) is 1.64. The van der Waals surface area contributed by atoms with Gasteiger partial charge in [0.25, 0.3) is 5.78 Å². The van der Waals surface area contributed by atoms with E-state index in [0.717, 1.165) is 11.0 Å². The van der Waals surface area contributed by atoms with Gasteiger partial charge in [0.2, 0.25) is 5.91 Å². The number of carbonyl (C=O) groups is 1. The lowest BCUT2D eigenvalue weighted by Gasteiger charge is -2.02. The Hall–Kier alpha value is -2.26. The Morgan fingerprint density at radius 1 is 1.26 bits per heavy atom. The average molecular weight is 275 g/mol. The number of hydrazine groups is 1. The van der Waals surface area contributed by atoms with E-state index in [1.165, 1.54) is 11.8 Å². The lowest BCUT2D eigenvalue weighted by atomic mass is 10.3. The van der Waals surface area contributed by atoms with Crippen LogP contribution < -0.4 is 11.3 Å². The van der Waals surface area contributed by atoms with Crippen LogP contribution >= 0.6 is 11.8 Å². The van der Waals surface area contributed by atoms with E-state index in [9.17, 15) is 4.79 Å². The standard InChI is InChI=1S/C10H9N7OS/c11-12-8(18)5-19-10-16-15-9-14-13-6-3-1-2-4-7(6)17(9)10/h1-4H,5,11H2,(H,12,18). The minimum atomic E-state index is -0.284. The summed E-state index contributed by atoms with van der Waals surface area (Å²) in [4.78, 5) is 11.2. The van der Waals surface area contributed by atoms with E-state index in [-0.39, 0.29) is 11.7 Å². The zero-order valence-corrected chi connectivity index (χ0v) is 10.5. The van der Waals surface area contributed by atoms with Gasteiger partial charge in [-0.25, -0.2) is 5.84 Å². The zero-order chi connectivity index (χ0) is 13.2. The maximum atomic E-state index is 11.2. The molecule has 96 valence electrons. The number of amides is 1. The van der Waals surface area contributed by atoms with Crippen molar-refractivity contribution in [2.45, 2.75) is 5.16 Å². The number of hydrogen-bond donors (Lipinski definition) is 2. The van der Waals surface area contributed by atoms with Crippen LogP contribution in [0.1, 0.15) is 0 Å². The number of nitrogens with zero attached hydrogens (tertiary/aromatic N) is 5. The molecule has 3 rings (SSSR count). The Balaban J connectivity index is 2.10. The highest BCUT2D eigenvalue weighted by Crippen LogP contribution is 2.20. The van der Waals surface area contributed by atoms with Crippen molar-refractivity contribution in [1.29, 1.82) is 0 Å². The lowest BCUT2D eigenvalue weighted by Crippen LogP contribution is -2.31. The molecular weight excluding hydrogens is 266 g/mol. The van der Waals surface area contributed by atoms with Crippen molar-refractivity contribution in [2.75, 3.05) is 5.75 Å². The molecule has 0 saturated carbocycles. The number of hydrogen-bond acceptors (Lipinski definition) is 7. The van der Waals surface area contributed by atoms with Gasteiger partial charge >= 0.3 is 0 Å². The summed E-state index contributed by atoms with van der Waals surface area (Å²) in [5.74, 6) is 5.31. The number of benzene rings is 1. The van der Waals surface area contributed by atoms with Crippen molar-refractivity contribution in [1.82, 2.24) is 30.2 Å². The fourth-order valence-corrected chi connectivity index (χ4v) is 2.39. The summed E-state index contributed by atoms with van der Waals surface area (Å²) >= 11 is 1.23. The van der Waals surface area contributed by atoms with Crippen LogP contribution in [0, 0.1) is 0 Å². The highest BCUT2D eigenvalue weighted by atomic mass is 32.2. The Bertz CT molecular complexity index is 756. The molecule has 0 aliphatic heterocycles. The van der Waals surface area contributed by atoms with Crippen LogP contribution in [0.25, 0.3) is 16.8 Å². The molecule has 3 aromatic rings. The number of carbonyl (C=O) groups excluding carboxylic acids is 1. The number of para-hydroxylation sites is 1. The van der Waals surface area contributed by atoms with Gasteiger partial charge in [-0.2, -0.15) is 0 Å². The quantitative estimate of drug-likeness (QED) is 0.293. The highest BCUT2D eigenvalue weighted by Gasteiger charge is 2.12. The van der Waals surface area contributed by atoms with Gasteiger partial charge in [0, 0.05) is 0 Å². The van der Waals surface area contributed by atoms with Gasteiger partial charge in [0.15, 0.2) is 5.16 Å². The van der Waals surface area contributed by atoms with Crippen LogP contribution in [-0.4, -0.2) is 36.5 Å². The smallest absolute Gasteiger partial charge is 0.275 e. The summed E-state index contributed by atoms with van der Waals surface area (Å²) in [6.45, 7) is 0. The van der Waals surface area contributed by atoms with Crippen LogP contribution in [0.2, 0.25) is 0 Å². The van der Waals surface area contributed by atoms with Gasteiger partial charge in [-0.15, -0.1) is 20.4 Å². The maximum absolute atomic E-state index is 11.2.